The van der Waals surface area contributed by atoms with Crippen LogP contribution in [0.5, 0.6) is 0 Å². The molecule has 0 fully saturated rings. The lowest BCUT2D eigenvalue weighted by Gasteiger charge is -2.08. The van der Waals surface area contributed by atoms with Crippen LogP contribution in [-0.4, -0.2) is 4.98 Å². The van der Waals surface area contributed by atoms with E-state index < -0.39 is 0 Å². The van der Waals surface area contributed by atoms with Crippen LogP contribution in [-0.2, 0) is 13.0 Å². The molecule has 0 aliphatic rings. The van der Waals surface area contributed by atoms with Gasteiger partial charge in [0.25, 0.3) is 0 Å². The number of pyridine rings is 2. The highest BCUT2D eigenvalue weighted by molar-refractivity contribution is 5.62. The summed E-state index contributed by atoms with van der Waals surface area (Å²) in [6.45, 7) is 5.72. The lowest BCUT2D eigenvalue weighted by Crippen LogP contribution is -2.38. The zero-order valence-electron chi connectivity index (χ0n) is 16.9. The van der Waals surface area contributed by atoms with Gasteiger partial charge in [0.15, 0.2) is 11.9 Å². The Morgan fingerprint density at radius 1 is 0.731 bits per heavy atom. The third-order valence-electron chi connectivity index (χ3n) is 5.18. The molecule has 0 bridgehead atoms. The van der Waals surface area contributed by atoms with Crippen molar-refractivity contribution < 1.29 is 4.57 Å². The highest BCUT2D eigenvalue weighted by Crippen LogP contribution is 2.19. The fourth-order valence-corrected chi connectivity index (χ4v) is 3.53. The van der Waals surface area contributed by atoms with Crippen molar-refractivity contribution in [3.63, 3.8) is 0 Å². The Hall–Kier alpha value is -1.70. The molecule has 0 N–H and O–H groups in total. The summed E-state index contributed by atoms with van der Waals surface area (Å²) in [5.41, 5.74) is 4.08. The maximum absolute atomic E-state index is 4.15. The second-order valence-electron chi connectivity index (χ2n) is 7.41. The lowest BCUT2D eigenvalue weighted by atomic mass is 10.0. The molecule has 0 unspecified atom stereocenters. The maximum Gasteiger partial charge on any atom is 0.181 e. The predicted molar refractivity (Wildman–Crippen MR) is 111 cm³/mol. The largest absolute Gasteiger partial charge is 0.265 e. The topological polar surface area (TPSA) is 16.8 Å². The van der Waals surface area contributed by atoms with Gasteiger partial charge >= 0.3 is 0 Å². The van der Waals surface area contributed by atoms with E-state index in [-0.39, 0.29) is 0 Å². The van der Waals surface area contributed by atoms with Gasteiger partial charge in [-0.05, 0) is 36.1 Å². The van der Waals surface area contributed by atoms with Crippen LogP contribution in [0.2, 0.25) is 0 Å². The SMILES string of the molecule is CCCCCCCc1cc(-c2ccncc2)cc[n+]1CCCCCCC. The quantitative estimate of drug-likeness (QED) is 0.296. The molecule has 2 heterocycles. The Kier molecular flexibility index (Phi) is 10.0. The molecule has 0 saturated carbocycles. The first kappa shape index (κ1) is 20.6. The summed E-state index contributed by atoms with van der Waals surface area (Å²) < 4.78 is 2.50. The summed E-state index contributed by atoms with van der Waals surface area (Å²) in [6, 6.07) is 8.88. The first-order valence-corrected chi connectivity index (χ1v) is 10.8. The monoisotopic (exact) mass is 353 g/mol. The van der Waals surface area contributed by atoms with Gasteiger partial charge in [-0.25, -0.2) is 4.57 Å². The van der Waals surface area contributed by atoms with E-state index in [0.717, 1.165) is 6.54 Å². The van der Waals surface area contributed by atoms with E-state index in [2.05, 4.69) is 53.9 Å². The molecule has 0 aliphatic heterocycles. The van der Waals surface area contributed by atoms with Crippen molar-refractivity contribution in [3.8, 4) is 11.1 Å². The molecule has 26 heavy (non-hydrogen) atoms. The highest BCUT2D eigenvalue weighted by atomic mass is 14.9. The van der Waals surface area contributed by atoms with Crippen molar-refractivity contribution in [2.75, 3.05) is 0 Å². The first-order valence-electron chi connectivity index (χ1n) is 10.8. The summed E-state index contributed by atoms with van der Waals surface area (Å²) in [4.78, 5) is 4.15. The zero-order valence-corrected chi connectivity index (χ0v) is 16.9. The number of unbranched alkanes of at least 4 members (excludes halogenated alkanes) is 8. The minimum atomic E-state index is 1.16. The second kappa shape index (κ2) is 12.6. The smallest absolute Gasteiger partial charge is 0.181 e. The van der Waals surface area contributed by atoms with E-state index in [9.17, 15) is 0 Å². The van der Waals surface area contributed by atoms with Gasteiger partial charge in [-0.2, -0.15) is 0 Å². The van der Waals surface area contributed by atoms with Gasteiger partial charge in [0.1, 0.15) is 6.54 Å². The average molecular weight is 354 g/mol. The Bertz CT molecular complexity index is 607. The van der Waals surface area contributed by atoms with Crippen LogP contribution in [0.4, 0.5) is 0 Å². The van der Waals surface area contributed by atoms with Crippen molar-refractivity contribution in [2.45, 2.75) is 91.0 Å². The first-order chi connectivity index (χ1) is 12.8. The van der Waals surface area contributed by atoms with Gasteiger partial charge in [-0.3, -0.25) is 4.98 Å². The van der Waals surface area contributed by atoms with Crippen molar-refractivity contribution in [2.24, 2.45) is 0 Å². The van der Waals surface area contributed by atoms with Crippen LogP contribution < -0.4 is 4.57 Å². The fraction of sp³-hybridized carbons (Fsp3) is 0.583. The van der Waals surface area contributed by atoms with E-state index in [0.29, 0.717) is 0 Å². The lowest BCUT2D eigenvalue weighted by molar-refractivity contribution is -0.704. The standard InChI is InChI=1S/C24H37N2/c1-3-5-7-9-11-13-24-21-23(22-14-17-25-18-15-22)16-20-26(24)19-12-10-8-6-4-2/h14-18,20-21H,3-13,19H2,1-2H3/q+1. The third-order valence-corrected chi connectivity index (χ3v) is 5.18. The molecule has 2 aromatic rings. The molecule has 142 valence electrons. The van der Waals surface area contributed by atoms with Crippen LogP contribution in [0.25, 0.3) is 11.1 Å². The van der Waals surface area contributed by atoms with Gasteiger partial charge in [0.05, 0.1) is 0 Å². The molecule has 0 aromatic carbocycles. The number of aromatic nitrogens is 2. The Balaban J connectivity index is 2.01. The van der Waals surface area contributed by atoms with Crippen molar-refractivity contribution >= 4 is 0 Å². The van der Waals surface area contributed by atoms with Gasteiger partial charge in [-0.1, -0.05) is 58.8 Å². The molecule has 2 heteroatoms. The molecule has 0 saturated heterocycles. The minimum Gasteiger partial charge on any atom is -0.265 e. The van der Waals surface area contributed by atoms with Crippen LogP contribution >= 0.6 is 0 Å². The maximum atomic E-state index is 4.15. The number of aryl methyl sites for hydroxylation is 2. The second-order valence-corrected chi connectivity index (χ2v) is 7.41. The summed E-state index contributed by atoms with van der Waals surface area (Å²) in [6.07, 6.45) is 20.7. The van der Waals surface area contributed by atoms with Gasteiger partial charge < -0.3 is 0 Å². The van der Waals surface area contributed by atoms with Crippen LogP contribution in [0.1, 0.15) is 83.7 Å². The molecular weight excluding hydrogens is 316 g/mol. The average Bonchev–Trinajstić information content (AvgIpc) is 2.69. The minimum absolute atomic E-state index is 1.16. The van der Waals surface area contributed by atoms with Crippen LogP contribution in [0.15, 0.2) is 42.9 Å². The summed E-state index contributed by atoms with van der Waals surface area (Å²) in [7, 11) is 0. The van der Waals surface area contributed by atoms with E-state index in [1.54, 1.807) is 0 Å². The Morgan fingerprint density at radius 2 is 1.38 bits per heavy atom. The van der Waals surface area contributed by atoms with Crippen LogP contribution in [0, 0.1) is 0 Å². The number of hydrogen-bond acceptors (Lipinski definition) is 1. The Labute approximate surface area is 160 Å². The van der Waals surface area contributed by atoms with Gasteiger partial charge in [0.2, 0.25) is 0 Å². The van der Waals surface area contributed by atoms with E-state index in [1.165, 1.54) is 87.4 Å². The molecule has 2 aromatic heterocycles. The van der Waals surface area contributed by atoms with Crippen molar-refractivity contribution in [3.05, 3.63) is 48.5 Å². The zero-order chi connectivity index (χ0) is 18.5. The molecule has 2 rings (SSSR count). The number of hydrogen-bond donors (Lipinski definition) is 0. The summed E-state index contributed by atoms with van der Waals surface area (Å²) >= 11 is 0. The van der Waals surface area contributed by atoms with Crippen molar-refractivity contribution in [1.29, 1.82) is 0 Å². The molecule has 0 radical (unpaired) electrons. The summed E-state index contributed by atoms with van der Waals surface area (Å²) in [5.74, 6) is 0. The normalized spacial score (nSPS) is 11.0. The molecule has 0 amide bonds. The molecule has 2 nitrogen and oxygen atoms in total. The predicted octanol–water partition coefficient (Wildman–Crippen LogP) is 6.52. The van der Waals surface area contributed by atoms with E-state index >= 15 is 0 Å². The number of rotatable bonds is 13. The van der Waals surface area contributed by atoms with Crippen molar-refractivity contribution in [1.82, 2.24) is 4.98 Å². The highest BCUT2D eigenvalue weighted by Gasteiger charge is 2.12. The van der Waals surface area contributed by atoms with E-state index in [1.807, 2.05) is 12.4 Å². The molecule has 0 atom stereocenters. The molecule has 0 aliphatic carbocycles. The fourth-order valence-electron chi connectivity index (χ4n) is 3.53. The van der Waals surface area contributed by atoms with E-state index in [4.69, 9.17) is 0 Å². The van der Waals surface area contributed by atoms with Gasteiger partial charge in [0, 0.05) is 37.4 Å². The van der Waals surface area contributed by atoms with Gasteiger partial charge in [-0.15, -0.1) is 0 Å². The summed E-state index contributed by atoms with van der Waals surface area (Å²) in [5, 5.41) is 0. The molecule has 0 spiro atoms. The van der Waals surface area contributed by atoms with Crippen LogP contribution in [0.3, 0.4) is 0 Å². The number of nitrogens with zero attached hydrogens (tertiary/aromatic N) is 2. The molecular formula is C24H37N2+. The third kappa shape index (κ3) is 7.27. The Morgan fingerprint density at radius 3 is 2.08 bits per heavy atom.